The highest BCUT2D eigenvalue weighted by atomic mass is 35.5. The highest BCUT2D eigenvalue weighted by Gasteiger charge is 2.08. The lowest BCUT2D eigenvalue weighted by atomic mass is 10.1. The van der Waals surface area contributed by atoms with E-state index in [2.05, 4.69) is 4.98 Å². The third kappa shape index (κ3) is 1.83. The van der Waals surface area contributed by atoms with Gasteiger partial charge in [-0.15, -0.1) is 0 Å². The number of rotatable bonds is 1. The summed E-state index contributed by atoms with van der Waals surface area (Å²) in [4.78, 5) is 14.0. The first-order valence-electron chi connectivity index (χ1n) is 4.60. The third-order valence-electron chi connectivity index (χ3n) is 2.18. The van der Waals surface area contributed by atoms with E-state index in [4.69, 9.17) is 16.9 Å². The summed E-state index contributed by atoms with van der Waals surface area (Å²) in [6, 6.07) is 12.6. The minimum atomic E-state index is -0.389. The van der Waals surface area contributed by atoms with Gasteiger partial charge in [0.25, 0.3) is 5.56 Å². The summed E-state index contributed by atoms with van der Waals surface area (Å²) in [7, 11) is 0. The molecular formula is C12H7ClN2O. The Balaban J connectivity index is 2.71. The van der Waals surface area contributed by atoms with Crippen LogP contribution < -0.4 is 5.56 Å². The Morgan fingerprint density at radius 3 is 2.56 bits per heavy atom. The van der Waals surface area contributed by atoms with Crippen LogP contribution in [-0.2, 0) is 0 Å². The molecular weight excluding hydrogens is 224 g/mol. The first kappa shape index (κ1) is 10.5. The third-order valence-corrected chi connectivity index (χ3v) is 2.46. The first-order chi connectivity index (χ1) is 7.72. The quantitative estimate of drug-likeness (QED) is 0.819. The molecule has 2 aromatic rings. The molecule has 4 heteroatoms. The zero-order chi connectivity index (χ0) is 11.5. The molecule has 2 rings (SSSR count). The Hall–Kier alpha value is -2.05. The normalized spacial score (nSPS) is 9.75. The minimum Gasteiger partial charge on any atom is -0.319 e. The summed E-state index contributed by atoms with van der Waals surface area (Å²) < 4.78 is 0. The predicted octanol–water partition coefficient (Wildman–Crippen LogP) is 2.57. The Kier molecular flexibility index (Phi) is 2.76. The van der Waals surface area contributed by atoms with Crippen molar-refractivity contribution in [2.75, 3.05) is 0 Å². The van der Waals surface area contributed by atoms with Gasteiger partial charge in [-0.2, -0.15) is 5.26 Å². The first-order valence-corrected chi connectivity index (χ1v) is 4.98. The van der Waals surface area contributed by atoms with Gasteiger partial charge in [-0.3, -0.25) is 4.79 Å². The van der Waals surface area contributed by atoms with E-state index in [0.29, 0.717) is 11.3 Å². The van der Waals surface area contributed by atoms with Crippen molar-refractivity contribution in [3.63, 3.8) is 0 Å². The molecule has 0 aliphatic rings. The van der Waals surface area contributed by atoms with Crippen LogP contribution in [-0.4, -0.2) is 4.98 Å². The standard InChI is InChI=1S/C12H7ClN2O/c13-10-6-9(7-14)11(15-12(10)16)8-4-2-1-3-5-8/h1-6H,(H,15,16). The Morgan fingerprint density at radius 2 is 1.94 bits per heavy atom. The number of hydrogen-bond acceptors (Lipinski definition) is 2. The molecule has 0 unspecified atom stereocenters. The van der Waals surface area contributed by atoms with Crippen molar-refractivity contribution in [1.82, 2.24) is 4.98 Å². The average molecular weight is 231 g/mol. The Labute approximate surface area is 96.9 Å². The van der Waals surface area contributed by atoms with Crippen LogP contribution in [0.2, 0.25) is 5.02 Å². The Bertz CT molecular complexity index is 611. The molecule has 1 aromatic carbocycles. The number of hydrogen-bond donors (Lipinski definition) is 1. The maximum absolute atomic E-state index is 11.4. The van der Waals surface area contributed by atoms with Gasteiger partial charge in [0.15, 0.2) is 0 Å². The lowest BCUT2D eigenvalue weighted by Gasteiger charge is -2.03. The molecule has 3 nitrogen and oxygen atoms in total. The van der Waals surface area contributed by atoms with Gasteiger partial charge >= 0.3 is 0 Å². The largest absolute Gasteiger partial charge is 0.319 e. The fourth-order valence-electron chi connectivity index (χ4n) is 1.43. The van der Waals surface area contributed by atoms with E-state index >= 15 is 0 Å². The van der Waals surface area contributed by atoms with Crippen LogP contribution in [0.4, 0.5) is 0 Å². The van der Waals surface area contributed by atoms with Gasteiger partial charge < -0.3 is 4.98 Å². The molecule has 0 saturated heterocycles. The number of aromatic nitrogens is 1. The van der Waals surface area contributed by atoms with Crippen LogP contribution in [0.5, 0.6) is 0 Å². The van der Waals surface area contributed by atoms with Crippen molar-refractivity contribution in [2.24, 2.45) is 0 Å². The summed E-state index contributed by atoms with van der Waals surface area (Å²) in [6.07, 6.45) is 0. The number of aromatic amines is 1. The van der Waals surface area contributed by atoms with Gasteiger partial charge in [-0.25, -0.2) is 0 Å². The zero-order valence-corrected chi connectivity index (χ0v) is 8.95. The van der Waals surface area contributed by atoms with Crippen molar-refractivity contribution in [1.29, 1.82) is 5.26 Å². The van der Waals surface area contributed by atoms with Crippen molar-refractivity contribution >= 4 is 11.6 Å². The number of halogens is 1. The highest BCUT2D eigenvalue weighted by molar-refractivity contribution is 6.30. The van der Waals surface area contributed by atoms with Crippen molar-refractivity contribution in [2.45, 2.75) is 0 Å². The van der Waals surface area contributed by atoms with Crippen molar-refractivity contribution < 1.29 is 0 Å². The molecule has 1 heterocycles. The maximum atomic E-state index is 11.4. The second-order valence-corrected chi connectivity index (χ2v) is 3.62. The van der Waals surface area contributed by atoms with E-state index < -0.39 is 0 Å². The van der Waals surface area contributed by atoms with Crippen LogP contribution in [0.25, 0.3) is 11.3 Å². The summed E-state index contributed by atoms with van der Waals surface area (Å²) in [6.45, 7) is 0. The molecule has 0 fully saturated rings. The smallest absolute Gasteiger partial charge is 0.267 e. The predicted molar refractivity (Wildman–Crippen MR) is 62.2 cm³/mol. The molecule has 0 radical (unpaired) electrons. The van der Waals surface area contributed by atoms with Gasteiger partial charge in [0.1, 0.15) is 11.1 Å². The molecule has 1 aromatic heterocycles. The molecule has 78 valence electrons. The molecule has 16 heavy (non-hydrogen) atoms. The fourth-order valence-corrected chi connectivity index (χ4v) is 1.58. The molecule has 0 bridgehead atoms. The number of H-pyrrole nitrogens is 1. The second kappa shape index (κ2) is 4.21. The summed E-state index contributed by atoms with van der Waals surface area (Å²) >= 11 is 5.66. The number of pyridine rings is 1. The van der Waals surface area contributed by atoms with Crippen LogP contribution in [0.15, 0.2) is 41.2 Å². The van der Waals surface area contributed by atoms with Gasteiger partial charge in [0, 0.05) is 0 Å². The molecule has 0 aliphatic heterocycles. The summed E-state index contributed by atoms with van der Waals surface area (Å²) in [5.74, 6) is 0. The Morgan fingerprint density at radius 1 is 1.25 bits per heavy atom. The van der Waals surface area contributed by atoms with E-state index in [0.717, 1.165) is 5.56 Å². The summed E-state index contributed by atoms with van der Waals surface area (Å²) in [5.41, 5.74) is 1.25. The molecule has 0 aliphatic carbocycles. The number of benzene rings is 1. The maximum Gasteiger partial charge on any atom is 0.267 e. The van der Waals surface area contributed by atoms with Crippen molar-refractivity contribution in [3.8, 4) is 17.3 Å². The SMILES string of the molecule is N#Cc1cc(Cl)c(=O)[nH]c1-c1ccccc1. The van der Waals surface area contributed by atoms with Gasteiger partial charge in [-0.1, -0.05) is 41.9 Å². The van der Waals surface area contributed by atoms with E-state index in [1.54, 1.807) is 0 Å². The lowest BCUT2D eigenvalue weighted by molar-refractivity contribution is 1.23. The lowest BCUT2D eigenvalue weighted by Crippen LogP contribution is -2.08. The topological polar surface area (TPSA) is 56.6 Å². The number of nitriles is 1. The average Bonchev–Trinajstić information content (AvgIpc) is 2.33. The zero-order valence-electron chi connectivity index (χ0n) is 8.20. The van der Waals surface area contributed by atoms with Crippen LogP contribution >= 0.6 is 11.6 Å². The van der Waals surface area contributed by atoms with Crippen LogP contribution in [0.1, 0.15) is 5.56 Å². The van der Waals surface area contributed by atoms with Gasteiger partial charge in [0.2, 0.25) is 0 Å². The van der Waals surface area contributed by atoms with Gasteiger partial charge in [-0.05, 0) is 11.6 Å². The molecule has 0 atom stereocenters. The molecule has 0 amide bonds. The van der Waals surface area contributed by atoms with Gasteiger partial charge in [0.05, 0.1) is 11.3 Å². The number of nitrogens with one attached hydrogen (secondary N) is 1. The number of nitrogens with zero attached hydrogens (tertiary/aromatic N) is 1. The molecule has 1 N–H and O–H groups in total. The molecule has 0 spiro atoms. The van der Waals surface area contributed by atoms with Crippen LogP contribution in [0.3, 0.4) is 0 Å². The second-order valence-electron chi connectivity index (χ2n) is 3.21. The van der Waals surface area contributed by atoms with Crippen LogP contribution in [0, 0.1) is 11.3 Å². The minimum absolute atomic E-state index is 0.0243. The molecule has 0 saturated carbocycles. The monoisotopic (exact) mass is 230 g/mol. The fraction of sp³-hybridized carbons (Fsp3) is 0. The van der Waals surface area contributed by atoms with E-state index in [-0.39, 0.29) is 10.6 Å². The van der Waals surface area contributed by atoms with E-state index in [9.17, 15) is 4.79 Å². The highest BCUT2D eigenvalue weighted by Crippen LogP contribution is 2.20. The van der Waals surface area contributed by atoms with Crippen molar-refractivity contribution in [3.05, 3.63) is 57.3 Å². The summed E-state index contributed by atoms with van der Waals surface area (Å²) in [5, 5.41) is 8.99. The van der Waals surface area contributed by atoms with E-state index in [1.165, 1.54) is 6.07 Å². The van der Waals surface area contributed by atoms with E-state index in [1.807, 2.05) is 36.4 Å².